The van der Waals surface area contributed by atoms with Gasteiger partial charge in [0.15, 0.2) is 17.5 Å². The van der Waals surface area contributed by atoms with Crippen LogP contribution in [0, 0.1) is 0 Å². The average Bonchev–Trinajstić information content (AvgIpc) is 2.93. The third kappa shape index (κ3) is 7.56. The quantitative estimate of drug-likeness (QED) is 0.380. The highest BCUT2D eigenvalue weighted by Crippen LogP contribution is 2.27. The molecule has 0 unspecified atom stereocenters. The van der Waals surface area contributed by atoms with Crippen molar-refractivity contribution in [3.05, 3.63) is 23.8 Å². The summed E-state index contributed by atoms with van der Waals surface area (Å²) < 4.78 is 10.7. The monoisotopic (exact) mass is 391 g/mol. The summed E-state index contributed by atoms with van der Waals surface area (Å²) in [6, 6.07) is 5.91. The first-order chi connectivity index (χ1) is 13.7. The van der Waals surface area contributed by atoms with Gasteiger partial charge in [0.1, 0.15) is 0 Å². The van der Waals surface area contributed by atoms with E-state index in [1.807, 2.05) is 18.2 Å². The third-order valence-corrected chi connectivity index (χ3v) is 4.97. The summed E-state index contributed by atoms with van der Waals surface area (Å²) in [6.45, 7) is 10.3. The normalized spacial score (nSPS) is 16.5. The van der Waals surface area contributed by atoms with Crippen LogP contribution in [0.2, 0.25) is 0 Å². The Bertz CT molecular complexity index is 608. The summed E-state index contributed by atoms with van der Waals surface area (Å²) in [7, 11) is 5.51. The van der Waals surface area contributed by atoms with E-state index in [2.05, 4.69) is 34.4 Å². The molecule has 2 N–H and O–H groups in total. The van der Waals surface area contributed by atoms with Crippen molar-refractivity contribution < 1.29 is 9.47 Å². The maximum absolute atomic E-state index is 5.37. The molecule has 0 bridgehead atoms. The van der Waals surface area contributed by atoms with E-state index < -0.39 is 0 Å². The van der Waals surface area contributed by atoms with Crippen molar-refractivity contribution in [3.63, 3.8) is 0 Å². The highest BCUT2D eigenvalue weighted by Gasteiger charge is 2.11. The molecule has 0 aliphatic carbocycles. The fraction of sp³-hybridized carbons (Fsp3) is 0.667. The summed E-state index contributed by atoms with van der Waals surface area (Å²) in [5, 5.41) is 6.77. The molecule has 0 amide bonds. The second-order valence-corrected chi connectivity index (χ2v) is 7.16. The molecule has 0 spiro atoms. The van der Waals surface area contributed by atoms with Crippen LogP contribution >= 0.6 is 0 Å². The van der Waals surface area contributed by atoms with Gasteiger partial charge < -0.3 is 29.9 Å². The van der Waals surface area contributed by atoms with E-state index in [0.717, 1.165) is 49.1 Å². The van der Waals surface area contributed by atoms with E-state index in [1.165, 1.54) is 32.6 Å². The van der Waals surface area contributed by atoms with Gasteiger partial charge in [-0.2, -0.15) is 0 Å². The van der Waals surface area contributed by atoms with E-state index in [-0.39, 0.29) is 0 Å². The van der Waals surface area contributed by atoms with E-state index in [1.54, 1.807) is 14.2 Å². The number of aliphatic imine (C=N–C) groups is 1. The Kier molecular flexibility index (Phi) is 9.93. The van der Waals surface area contributed by atoms with Crippen molar-refractivity contribution in [2.45, 2.75) is 26.3 Å². The predicted molar refractivity (Wildman–Crippen MR) is 116 cm³/mol. The molecule has 158 valence electrons. The minimum absolute atomic E-state index is 0.591. The fourth-order valence-electron chi connectivity index (χ4n) is 3.32. The van der Waals surface area contributed by atoms with Gasteiger partial charge in [0.25, 0.3) is 0 Å². The molecule has 1 aliphatic heterocycles. The first-order valence-electron chi connectivity index (χ1n) is 10.3. The van der Waals surface area contributed by atoms with Gasteiger partial charge in [-0.05, 0) is 64.1 Å². The van der Waals surface area contributed by atoms with Gasteiger partial charge in [0.05, 0.1) is 20.8 Å². The van der Waals surface area contributed by atoms with E-state index in [9.17, 15) is 0 Å². The number of ether oxygens (including phenoxy) is 2. The van der Waals surface area contributed by atoms with Gasteiger partial charge >= 0.3 is 0 Å². The lowest BCUT2D eigenvalue weighted by Gasteiger charge is -2.20. The number of rotatable bonds is 9. The van der Waals surface area contributed by atoms with E-state index in [0.29, 0.717) is 6.54 Å². The zero-order chi connectivity index (χ0) is 20.2. The van der Waals surface area contributed by atoms with Crippen LogP contribution in [0.25, 0.3) is 0 Å². The second kappa shape index (κ2) is 12.5. The Hall–Kier alpha value is -1.99. The smallest absolute Gasteiger partial charge is 0.191 e. The van der Waals surface area contributed by atoms with E-state index >= 15 is 0 Å². The van der Waals surface area contributed by atoms with Crippen molar-refractivity contribution in [1.29, 1.82) is 0 Å². The first kappa shape index (κ1) is 22.3. The highest BCUT2D eigenvalue weighted by atomic mass is 16.5. The van der Waals surface area contributed by atoms with Gasteiger partial charge in [-0.15, -0.1) is 0 Å². The van der Waals surface area contributed by atoms with Crippen LogP contribution in [0.3, 0.4) is 0 Å². The van der Waals surface area contributed by atoms with Crippen molar-refractivity contribution in [3.8, 4) is 11.5 Å². The molecule has 1 aromatic carbocycles. The molecule has 28 heavy (non-hydrogen) atoms. The van der Waals surface area contributed by atoms with Gasteiger partial charge in [0, 0.05) is 26.2 Å². The number of hydrogen-bond acceptors (Lipinski definition) is 5. The molecule has 1 heterocycles. The van der Waals surface area contributed by atoms with Gasteiger partial charge in [-0.3, -0.25) is 0 Å². The van der Waals surface area contributed by atoms with E-state index in [4.69, 9.17) is 14.5 Å². The molecule has 7 heteroatoms. The summed E-state index contributed by atoms with van der Waals surface area (Å²) >= 11 is 0. The maximum Gasteiger partial charge on any atom is 0.191 e. The zero-order valence-electron chi connectivity index (χ0n) is 18.0. The molecule has 2 rings (SSSR count). The number of benzene rings is 1. The Morgan fingerprint density at radius 3 is 2.64 bits per heavy atom. The molecular formula is C21H37N5O2. The SMILES string of the molecule is CCNC(=NCc1ccc(OC)c(OC)c1)NCCCN1CCCN(C)CC1. The molecule has 1 aromatic rings. The number of nitrogens with one attached hydrogen (secondary N) is 2. The number of methoxy groups -OCH3 is 2. The Labute approximate surface area is 170 Å². The standard InChI is InChI=1S/C21H37N5O2/c1-5-22-21(23-10-6-12-26-13-7-11-25(2)14-15-26)24-17-18-8-9-19(27-3)20(16-18)28-4/h8-9,16H,5-7,10-15,17H2,1-4H3,(H2,22,23,24). The molecule has 0 atom stereocenters. The minimum atomic E-state index is 0.591. The van der Waals surface area contributed by atoms with Crippen LogP contribution in [0.5, 0.6) is 11.5 Å². The molecule has 0 saturated carbocycles. The van der Waals surface area contributed by atoms with Crippen molar-refractivity contribution in [2.24, 2.45) is 4.99 Å². The third-order valence-electron chi connectivity index (χ3n) is 4.97. The minimum Gasteiger partial charge on any atom is -0.493 e. The van der Waals surface area contributed by atoms with Crippen molar-refractivity contribution in [2.75, 3.05) is 67.1 Å². The number of nitrogens with zero attached hydrogens (tertiary/aromatic N) is 3. The molecule has 1 fully saturated rings. The summed E-state index contributed by atoms with van der Waals surface area (Å²) in [5.41, 5.74) is 1.09. The lowest BCUT2D eigenvalue weighted by atomic mass is 10.2. The fourth-order valence-corrected chi connectivity index (χ4v) is 3.32. The lowest BCUT2D eigenvalue weighted by Crippen LogP contribution is -2.39. The average molecular weight is 392 g/mol. The van der Waals surface area contributed by atoms with Crippen LogP contribution in [0.15, 0.2) is 23.2 Å². The highest BCUT2D eigenvalue weighted by molar-refractivity contribution is 5.79. The molecular weight excluding hydrogens is 354 g/mol. The largest absolute Gasteiger partial charge is 0.493 e. The number of hydrogen-bond donors (Lipinski definition) is 2. The van der Waals surface area contributed by atoms with Crippen LogP contribution < -0.4 is 20.1 Å². The number of likely N-dealkylation sites (N-methyl/N-ethyl adjacent to an activating group) is 1. The Balaban J connectivity index is 1.80. The topological polar surface area (TPSA) is 61.4 Å². The molecule has 0 aromatic heterocycles. The van der Waals surface area contributed by atoms with Crippen molar-refractivity contribution in [1.82, 2.24) is 20.4 Å². The predicted octanol–water partition coefficient (Wildman–Crippen LogP) is 1.79. The Morgan fingerprint density at radius 1 is 1.07 bits per heavy atom. The summed E-state index contributed by atoms with van der Waals surface area (Å²) in [5.74, 6) is 2.32. The maximum atomic E-state index is 5.37. The van der Waals surface area contributed by atoms with Crippen LogP contribution in [0.1, 0.15) is 25.3 Å². The van der Waals surface area contributed by atoms with Crippen molar-refractivity contribution >= 4 is 5.96 Å². The van der Waals surface area contributed by atoms with Crippen LogP contribution in [-0.2, 0) is 6.54 Å². The van der Waals surface area contributed by atoms with Gasteiger partial charge in [-0.25, -0.2) is 4.99 Å². The molecule has 1 saturated heterocycles. The van der Waals surface area contributed by atoms with Gasteiger partial charge in [0.2, 0.25) is 0 Å². The van der Waals surface area contributed by atoms with Crippen LogP contribution in [-0.4, -0.2) is 82.8 Å². The van der Waals surface area contributed by atoms with Gasteiger partial charge in [-0.1, -0.05) is 6.07 Å². The Morgan fingerprint density at radius 2 is 1.89 bits per heavy atom. The molecule has 0 radical (unpaired) electrons. The van der Waals surface area contributed by atoms with Crippen LogP contribution in [0.4, 0.5) is 0 Å². The number of guanidine groups is 1. The molecule has 1 aliphatic rings. The lowest BCUT2D eigenvalue weighted by molar-refractivity contribution is 0.274. The summed E-state index contributed by atoms with van der Waals surface area (Å²) in [4.78, 5) is 9.69. The molecule has 7 nitrogen and oxygen atoms in total. The first-order valence-corrected chi connectivity index (χ1v) is 10.3. The zero-order valence-corrected chi connectivity index (χ0v) is 18.0. The summed E-state index contributed by atoms with van der Waals surface area (Å²) in [6.07, 6.45) is 2.38. The second-order valence-electron chi connectivity index (χ2n) is 7.16.